The average Bonchev–Trinajstić information content (AvgIpc) is 2.47. The zero-order chi connectivity index (χ0) is 13.7. The summed E-state index contributed by atoms with van der Waals surface area (Å²) < 4.78 is 0. The predicted molar refractivity (Wildman–Crippen MR) is 78.9 cm³/mol. The molecular weight excluding hydrogens is 236 g/mol. The molecule has 0 radical (unpaired) electrons. The number of nitriles is 1. The fourth-order valence-corrected chi connectivity index (χ4v) is 2.58. The first-order valence-electron chi connectivity index (χ1n) is 6.99. The van der Waals surface area contributed by atoms with Gasteiger partial charge in [0.15, 0.2) is 0 Å². The maximum atomic E-state index is 8.95. The van der Waals surface area contributed by atoms with Crippen molar-refractivity contribution in [3.8, 4) is 6.07 Å². The average molecular weight is 258 g/mol. The van der Waals surface area contributed by atoms with E-state index in [4.69, 9.17) is 11.0 Å². The van der Waals surface area contributed by atoms with Crippen LogP contribution in [0.2, 0.25) is 0 Å². The van der Waals surface area contributed by atoms with E-state index >= 15 is 0 Å². The fraction of sp³-hybridized carbons (Fsp3) is 0.533. The molecule has 102 valence electrons. The topological polar surface area (TPSA) is 65.1 Å². The summed E-state index contributed by atoms with van der Waals surface area (Å²) in [6.45, 7) is 6.69. The van der Waals surface area contributed by atoms with Gasteiger partial charge in [0.1, 0.15) is 6.07 Å². The Hall–Kier alpha value is -1.73. The smallest absolute Gasteiger partial charge is 0.101 e. The molecule has 1 saturated heterocycles. The number of nitrogen functional groups attached to an aromatic ring is 1. The number of rotatable bonds is 4. The van der Waals surface area contributed by atoms with E-state index in [-0.39, 0.29) is 0 Å². The van der Waals surface area contributed by atoms with Gasteiger partial charge in [-0.2, -0.15) is 5.26 Å². The highest BCUT2D eigenvalue weighted by atomic mass is 15.1. The van der Waals surface area contributed by atoms with Crippen LogP contribution in [0.15, 0.2) is 18.2 Å². The first-order valence-corrected chi connectivity index (χ1v) is 6.99. The molecule has 1 fully saturated rings. The highest BCUT2D eigenvalue weighted by molar-refractivity contribution is 5.72. The number of nitrogens with two attached hydrogens (primary N) is 1. The first kappa shape index (κ1) is 13.7. The molecule has 1 aliphatic heterocycles. The SMILES string of the molecule is CCN1CCC(CNc2cccc(C#N)c2N)CC1. The van der Waals surface area contributed by atoms with Crippen LogP contribution in [0.4, 0.5) is 11.4 Å². The molecule has 0 saturated carbocycles. The lowest BCUT2D eigenvalue weighted by molar-refractivity contribution is 0.198. The second-order valence-electron chi connectivity index (χ2n) is 5.14. The summed E-state index contributed by atoms with van der Waals surface area (Å²) in [6, 6.07) is 7.68. The van der Waals surface area contributed by atoms with Crippen LogP contribution in [0.5, 0.6) is 0 Å². The molecule has 1 aromatic carbocycles. The number of nitrogens with zero attached hydrogens (tertiary/aromatic N) is 2. The lowest BCUT2D eigenvalue weighted by atomic mass is 9.96. The molecule has 1 aliphatic rings. The highest BCUT2D eigenvalue weighted by Crippen LogP contribution is 2.24. The van der Waals surface area contributed by atoms with Crippen LogP contribution in [-0.4, -0.2) is 31.1 Å². The van der Waals surface area contributed by atoms with E-state index < -0.39 is 0 Å². The lowest BCUT2D eigenvalue weighted by Gasteiger charge is -2.31. The molecular formula is C15H22N4. The van der Waals surface area contributed by atoms with Crippen LogP contribution in [0.3, 0.4) is 0 Å². The molecule has 0 aromatic heterocycles. The monoisotopic (exact) mass is 258 g/mol. The second kappa shape index (κ2) is 6.44. The number of hydrogen-bond acceptors (Lipinski definition) is 4. The third kappa shape index (κ3) is 3.39. The highest BCUT2D eigenvalue weighted by Gasteiger charge is 2.18. The summed E-state index contributed by atoms with van der Waals surface area (Å²) in [5, 5.41) is 12.3. The van der Waals surface area contributed by atoms with E-state index in [9.17, 15) is 0 Å². The minimum absolute atomic E-state index is 0.547. The number of para-hydroxylation sites is 1. The minimum atomic E-state index is 0.547. The fourth-order valence-electron chi connectivity index (χ4n) is 2.58. The van der Waals surface area contributed by atoms with Gasteiger partial charge in [0, 0.05) is 6.54 Å². The van der Waals surface area contributed by atoms with E-state index in [1.807, 2.05) is 12.1 Å². The van der Waals surface area contributed by atoms with Crippen LogP contribution >= 0.6 is 0 Å². The number of benzene rings is 1. The third-order valence-electron chi connectivity index (χ3n) is 3.96. The van der Waals surface area contributed by atoms with Gasteiger partial charge in [-0.25, -0.2) is 0 Å². The van der Waals surface area contributed by atoms with Gasteiger partial charge in [-0.3, -0.25) is 0 Å². The molecule has 0 spiro atoms. The molecule has 4 nitrogen and oxygen atoms in total. The lowest BCUT2D eigenvalue weighted by Crippen LogP contribution is -2.35. The van der Waals surface area contributed by atoms with Crippen molar-refractivity contribution in [2.24, 2.45) is 5.92 Å². The number of anilines is 2. The molecule has 3 N–H and O–H groups in total. The van der Waals surface area contributed by atoms with Crippen molar-refractivity contribution in [2.75, 3.05) is 37.2 Å². The van der Waals surface area contributed by atoms with Gasteiger partial charge >= 0.3 is 0 Å². The van der Waals surface area contributed by atoms with E-state index in [1.165, 1.54) is 25.9 Å². The van der Waals surface area contributed by atoms with Crippen molar-refractivity contribution in [1.29, 1.82) is 5.26 Å². The Balaban J connectivity index is 1.88. The largest absolute Gasteiger partial charge is 0.396 e. The molecule has 0 atom stereocenters. The number of hydrogen-bond donors (Lipinski definition) is 2. The molecule has 2 rings (SSSR count). The predicted octanol–water partition coefficient (Wildman–Crippen LogP) is 2.28. The molecule has 19 heavy (non-hydrogen) atoms. The zero-order valence-corrected chi connectivity index (χ0v) is 11.5. The summed E-state index contributed by atoms with van der Waals surface area (Å²) in [4.78, 5) is 2.49. The number of nitrogens with one attached hydrogen (secondary N) is 1. The Kier molecular flexibility index (Phi) is 4.64. The Labute approximate surface area is 115 Å². The normalized spacial score (nSPS) is 17.1. The van der Waals surface area contributed by atoms with Crippen molar-refractivity contribution >= 4 is 11.4 Å². The van der Waals surface area contributed by atoms with Gasteiger partial charge in [0.05, 0.1) is 16.9 Å². The van der Waals surface area contributed by atoms with Gasteiger partial charge < -0.3 is 16.0 Å². The minimum Gasteiger partial charge on any atom is -0.396 e. The first-order chi connectivity index (χ1) is 9.24. The number of likely N-dealkylation sites (tertiary alicyclic amines) is 1. The van der Waals surface area contributed by atoms with Gasteiger partial charge in [-0.1, -0.05) is 13.0 Å². The summed E-state index contributed by atoms with van der Waals surface area (Å²) >= 11 is 0. The second-order valence-corrected chi connectivity index (χ2v) is 5.14. The summed E-state index contributed by atoms with van der Waals surface area (Å²) in [5.41, 5.74) is 7.96. The van der Waals surface area contributed by atoms with Crippen molar-refractivity contribution in [3.05, 3.63) is 23.8 Å². The van der Waals surface area contributed by atoms with Crippen LogP contribution in [0.1, 0.15) is 25.3 Å². The van der Waals surface area contributed by atoms with Crippen LogP contribution in [0, 0.1) is 17.2 Å². The molecule has 1 heterocycles. The van der Waals surface area contributed by atoms with Crippen molar-refractivity contribution in [1.82, 2.24) is 4.90 Å². The molecule has 0 aliphatic carbocycles. The standard InChI is InChI=1S/C15H22N4/c1-2-19-8-6-12(7-9-19)11-18-14-5-3-4-13(10-16)15(14)17/h3-5,12,18H,2,6-9,11,17H2,1H3. The summed E-state index contributed by atoms with van der Waals surface area (Å²) in [5.74, 6) is 0.702. The van der Waals surface area contributed by atoms with E-state index in [0.29, 0.717) is 17.2 Å². The Morgan fingerprint density at radius 1 is 1.42 bits per heavy atom. The van der Waals surface area contributed by atoms with Crippen molar-refractivity contribution in [3.63, 3.8) is 0 Å². The molecule has 0 amide bonds. The zero-order valence-electron chi connectivity index (χ0n) is 11.5. The van der Waals surface area contributed by atoms with E-state index in [1.54, 1.807) is 6.07 Å². The molecule has 0 bridgehead atoms. The van der Waals surface area contributed by atoms with Crippen LogP contribution in [0.25, 0.3) is 0 Å². The molecule has 4 heteroatoms. The molecule has 0 unspecified atom stereocenters. The van der Waals surface area contributed by atoms with E-state index in [2.05, 4.69) is 23.2 Å². The third-order valence-corrected chi connectivity index (χ3v) is 3.96. The maximum Gasteiger partial charge on any atom is 0.101 e. The van der Waals surface area contributed by atoms with Gasteiger partial charge in [-0.15, -0.1) is 0 Å². The summed E-state index contributed by atoms with van der Waals surface area (Å²) in [6.07, 6.45) is 2.47. The Morgan fingerprint density at radius 2 is 2.16 bits per heavy atom. The van der Waals surface area contributed by atoms with Crippen LogP contribution < -0.4 is 11.1 Å². The van der Waals surface area contributed by atoms with Crippen molar-refractivity contribution in [2.45, 2.75) is 19.8 Å². The van der Waals surface area contributed by atoms with Gasteiger partial charge in [-0.05, 0) is 50.5 Å². The number of piperidine rings is 1. The molecule has 1 aromatic rings. The van der Waals surface area contributed by atoms with Gasteiger partial charge in [0.2, 0.25) is 0 Å². The van der Waals surface area contributed by atoms with E-state index in [0.717, 1.165) is 18.8 Å². The summed E-state index contributed by atoms with van der Waals surface area (Å²) in [7, 11) is 0. The Morgan fingerprint density at radius 3 is 2.79 bits per heavy atom. The Bertz CT molecular complexity index is 456. The maximum absolute atomic E-state index is 8.95. The van der Waals surface area contributed by atoms with Crippen LogP contribution in [-0.2, 0) is 0 Å². The van der Waals surface area contributed by atoms with Crippen molar-refractivity contribution < 1.29 is 0 Å². The van der Waals surface area contributed by atoms with Gasteiger partial charge in [0.25, 0.3) is 0 Å². The quantitative estimate of drug-likeness (QED) is 0.813.